The lowest BCUT2D eigenvalue weighted by Crippen LogP contribution is -2.02. The summed E-state index contributed by atoms with van der Waals surface area (Å²) in [5, 5.41) is 15.9. The first-order valence-electron chi connectivity index (χ1n) is 8.70. The Hall–Kier alpha value is -4.08. The molecule has 0 unspecified atom stereocenters. The maximum atomic E-state index is 14.4. The van der Waals surface area contributed by atoms with Crippen LogP contribution in [0.5, 0.6) is 0 Å². The Kier molecular flexibility index (Phi) is 4.74. The number of aryl methyl sites for hydroxylation is 1. The molecule has 0 atom stereocenters. The number of fused-ring (bicyclic) bond motifs is 1. The van der Waals surface area contributed by atoms with Crippen LogP contribution < -0.4 is 0 Å². The highest BCUT2D eigenvalue weighted by molar-refractivity contribution is 5.95. The van der Waals surface area contributed by atoms with Crippen molar-refractivity contribution in [2.24, 2.45) is 12.2 Å². The zero-order chi connectivity index (χ0) is 21.4. The minimum Gasteiger partial charge on any atom is -0.465 e. The average Bonchev–Trinajstić information content (AvgIpc) is 3.26. The van der Waals surface area contributed by atoms with E-state index in [0.717, 1.165) is 6.21 Å². The molecule has 3 heterocycles. The summed E-state index contributed by atoms with van der Waals surface area (Å²) in [6, 6.07) is 6.82. The van der Waals surface area contributed by atoms with E-state index < -0.39 is 17.7 Å². The number of rotatable bonds is 4. The van der Waals surface area contributed by atoms with E-state index in [1.54, 1.807) is 17.6 Å². The third-order valence-corrected chi connectivity index (χ3v) is 4.57. The number of benzene rings is 1. The first-order valence-corrected chi connectivity index (χ1v) is 8.70. The number of aromatic nitrogens is 4. The highest BCUT2D eigenvalue weighted by atomic mass is 19.1. The standard InChI is InChI=1S/C20H15F2N5O3/c1-26-10-15(19(22)25-26)13-4-3-12(21)8-14(13)18-16(9-23-29)27-6-5-11(20(28)30-2)7-17(27)24-18/h3-10,29H,1-2H3/b23-9+. The molecule has 0 saturated heterocycles. The van der Waals surface area contributed by atoms with Crippen molar-refractivity contribution in [3.63, 3.8) is 0 Å². The molecule has 30 heavy (non-hydrogen) atoms. The lowest BCUT2D eigenvalue weighted by molar-refractivity contribution is 0.0600. The van der Waals surface area contributed by atoms with Crippen molar-refractivity contribution in [2.45, 2.75) is 0 Å². The molecule has 152 valence electrons. The summed E-state index contributed by atoms with van der Waals surface area (Å²) in [6.45, 7) is 0. The third-order valence-electron chi connectivity index (χ3n) is 4.57. The molecule has 0 radical (unpaired) electrons. The molecule has 8 nitrogen and oxygen atoms in total. The summed E-state index contributed by atoms with van der Waals surface area (Å²) >= 11 is 0. The molecule has 4 aromatic rings. The van der Waals surface area contributed by atoms with Crippen LogP contribution in [-0.4, -0.2) is 43.7 Å². The summed E-state index contributed by atoms with van der Waals surface area (Å²) in [6.07, 6.45) is 4.14. The summed E-state index contributed by atoms with van der Waals surface area (Å²) in [5.74, 6) is -1.83. The second kappa shape index (κ2) is 7.39. The monoisotopic (exact) mass is 411 g/mol. The van der Waals surface area contributed by atoms with Crippen LogP contribution >= 0.6 is 0 Å². The lowest BCUT2D eigenvalue weighted by Gasteiger charge is -2.07. The van der Waals surface area contributed by atoms with Crippen LogP contribution in [0.3, 0.4) is 0 Å². The van der Waals surface area contributed by atoms with Gasteiger partial charge in [-0.15, -0.1) is 5.10 Å². The Balaban J connectivity index is 2.01. The Morgan fingerprint density at radius 1 is 1.20 bits per heavy atom. The summed E-state index contributed by atoms with van der Waals surface area (Å²) in [5.41, 5.74) is 1.89. The van der Waals surface area contributed by atoms with Crippen molar-refractivity contribution < 1.29 is 23.5 Å². The van der Waals surface area contributed by atoms with Gasteiger partial charge in [0.25, 0.3) is 0 Å². The molecule has 0 saturated carbocycles. The largest absolute Gasteiger partial charge is 0.465 e. The predicted octanol–water partition coefficient (Wildman–Crippen LogP) is 3.27. The fourth-order valence-electron chi connectivity index (χ4n) is 3.27. The van der Waals surface area contributed by atoms with Gasteiger partial charge in [0.05, 0.1) is 35.8 Å². The van der Waals surface area contributed by atoms with Gasteiger partial charge in [0.15, 0.2) is 0 Å². The summed E-state index contributed by atoms with van der Waals surface area (Å²) < 4.78 is 36.1. The first kappa shape index (κ1) is 19.2. The quantitative estimate of drug-likeness (QED) is 0.241. The molecule has 4 rings (SSSR count). The smallest absolute Gasteiger partial charge is 0.338 e. The van der Waals surface area contributed by atoms with Crippen molar-refractivity contribution >= 4 is 17.8 Å². The van der Waals surface area contributed by atoms with Gasteiger partial charge in [-0.3, -0.25) is 9.08 Å². The molecule has 1 N–H and O–H groups in total. The van der Waals surface area contributed by atoms with Crippen LogP contribution in [0.15, 0.2) is 47.9 Å². The lowest BCUT2D eigenvalue weighted by atomic mass is 9.98. The Morgan fingerprint density at radius 3 is 2.67 bits per heavy atom. The van der Waals surface area contributed by atoms with Crippen molar-refractivity contribution in [3.05, 3.63) is 65.7 Å². The second-order valence-electron chi connectivity index (χ2n) is 6.42. The molecule has 0 amide bonds. The van der Waals surface area contributed by atoms with E-state index in [1.165, 1.54) is 48.3 Å². The number of hydrogen-bond acceptors (Lipinski definition) is 6. The number of esters is 1. The van der Waals surface area contributed by atoms with E-state index in [1.807, 2.05) is 0 Å². The number of imidazole rings is 1. The first-order chi connectivity index (χ1) is 14.4. The molecule has 3 aromatic heterocycles. The number of methoxy groups -OCH3 is 1. The van der Waals surface area contributed by atoms with Crippen molar-refractivity contribution in [2.75, 3.05) is 7.11 Å². The molecule has 0 aliphatic rings. The molecule has 10 heteroatoms. The SMILES string of the molecule is COC(=O)c1ccn2c(/C=N/O)c(-c3cc(F)ccc3-c3cn(C)nc3F)nc2c1. The van der Waals surface area contributed by atoms with Gasteiger partial charge < -0.3 is 9.94 Å². The van der Waals surface area contributed by atoms with E-state index in [9.17, 15) is 13.6 Å². The maximum absolute atomic E-state index is 14.4. The van der Waals surface area contributed by atoms with Crippen molar-refractivity contribution in [3.8, 4) is 22.4 Å². The normalized spacial score (nSPS) is 11.5. The molecule has 0 aliphatic heterocycles. The number of nitrogens with zero attached hydrogens (tertiary/aromatic N) is 5. The number of pyridine rings is 1. The molecular weight excluding hydrogens is 396 g/mol. The van der Waals surface area contributed by atoms with Gasteiger partial charge in [-0.1, -0.05) is 11.2 Å². The minimum absolute atomic E-state index is 0.159. The van der Waals surface area contributed by atoms with Crippen LogP contribution in [0.4, 0.5) is 8.78 Å². The fraction of sp³-hybridized carbons (Fsp3) is 0.100. The van der Waals surface area contributed by atoms with Crippen LogP contribution in [0, 0.1) is 11.8 Å². The Bertz CT molecular complexity index is 1310. The van der Waals surface area contributed by atoms with E-state index >= 15 is 0 Å². The van der Waals surface area contributed by atoms with Gasteiger partial charge >= 0.3 is 5.97 Å². The van der Waals surface area contributed by atoms with Crippen LogP contribution in [0.2, 0.25) is 0 Å². The van der Waals surface area contributed by atoms with Crippen molar-refractivity contribution in [1.29, 1.82) is 0 Å². The van der Waals surface area contributed by atoms with E-state index in [0.29, 0.717) is 16.9 Å². The van der Waals surface area contributed by atoms with E-state index in [-0.39, 0.29) is 22.4 Å². The van der Waals surface area contributed by atoms with Gasteiger partial charge in [-0.2, -0.15) is 4.39 Å². The van der Waals surface area contributed by atoms with Gasteiger partial charge in [-0.25, -0.2) is 14.2 Å². The topological polar surface area (TPSA) is 94.0 Å². The van der Waals surface area contributed by atoms with Gasteiger partial charge in [0.2, 0.25) is 5.95 Å². The number of carbonyl (C=O) groups excluding carboxylic acids is 1. The number of oxime groups is 1. The number of halogens is 2. The van der Waals surface area contributed by atoms with Crippen LogP contribution in [0.25, 0.3) is 28.0 Å². The molecule has 0 spiro atoms. The molecule has 0 fully saturated rings. The molecule has 0 aliphatic carbocycles. The number of hydrogen-bond donors (Lipinski definition) is 1. The minimum atomic E-state index is -0.723. The average molecular weight is 411 g/mol. The van der Waals surface area contributed by atoms with Crippen LogP contribution in [0.1, 0.15) is 16.1 Å². The van der Waals surface area contributed by atoms with Gasteiger partial charge in [0.1, 0.15) is 11.5 Å². The molecular formula is C20H15F2N5O3. The van der Waals surface area contributed by atoms with Gasteiger partial charge in [-0.05, 0) is 29.8 Å². The Morgan fingerprint density at radius 2 is 2.00 bits per heavy atom. The maximum Gasteiger partial charge on any atom is 0.338 e. The predicted molar refractivity (Wildman–Crippen MR) is 103 cm³/mol. The number of ether oxygens (including phenoxy) is 1. The van der Waals surface area contributed by atoms with Crippen LogP contribution in [-0.2, 0) is 11.8 Å². The molecule has 0 bridgehead atoms. The van der Waals surface area contributed by atoms with Crippen molar-refractivity contribution in [1.82, 2.24) is 19.2 Å². The second-order valence-corrected chi connectivity index (χ2v) is 6.42. The Labute approximate surface area is 168 Å². The third kappa shape index (κ3) is 3.17. The highest BCUT2D eigenvalue weighted by Crippen LogP contribution is 2.35. The molecule has 1 aromatic carbocycles. The van der Waals surface area contributed by atoms with E-state index in [4.69, 9.17) is 9.94 Å². The summed E-state index contributed by atoms with van der Waals surface area (Å²) in [7, 11) is 2.83. The van der Waals surface area contributed by atoms with E-state index in [2.05, 4.69) is 15.2 Å². The highest BCUT2D eigenvalue weighted by Gasteiger charge is 2.21. The summed E-state index contributed by atoms with van der Waals surface area (Å²) in [4.78, 5) is 16.3. The zero-order valence-electron chi connectivity index (χ0n) is 15.9. The number of carbonyl (C=O) groups is 1. The van der Waals surface area contributed by atoms with Gasteiger partial charge in [0, 0.05) is 25.0 Å². The fourth-order valence-corrected chi connectivity index (χ4v) is 3.27. The zero-order valence-corrected chi connectivity index (χ0v) is 15.9.